The lowest BCUT2D eigenvalue weighted by Gasteiger charge is -2.33. The van der Waals surface area contributed by atoms with Crippen LogP contribution in [0.3, 0.4) is 0 Å². The van der Waals surface area contributed by atoms with Crippen molar-refractivity contribution in [2.45, 2.75) is 44.7 Å². The molecule has 1 fully saturated rings. The van der Waals surface area contributed by atoms with Gasteiger partial charge in [-0.1, -0.05) is 43.7 Å². The van der Waals surface area contributed by atoms with Crippen LogP contribution < -0.4 is 5.73 Å². The van der Waals surface area contributed by atoms with Crippen molar-refractivity contribution in [2.75, 3.05) is 13.1 Å². The van der Waals surface area contributed by atoms with Crippen LogP contribution in [0.2, 0.25) is 0 Å². The van der Waals surface area contributed by atoms with Gasteiger partial charge in [0.15, 0.2) is 0 Å². The van der Waals surface area contributed by atoms with Gasteiger partial charge in [0.25, 0.3) is 0 Å². The van der Waals surface area contributed by atoms with Crippen molar-refractivity contribution in [1.82, 2.24) is 4.90 Å². The Hall–Kier alpha value is -0.860. The molecule has 0 aliphatic carbocycles. The van der Waals surface area contributed by atoms with E-state index in [2.05, 4.69) is 42.2 Å². The summed E-state index contributed by atoms with van der Waals surface area (Å²) in [5.41, 5.74) is 7.77. The van der Waals surface area contributed by atoms with Crippen molar-refractivity contribution in [3.05, 3.63) is 35.9 Å². The minimum absolute atomic E-state index is 0.284. The molecule has 1 heterocycles. The van der Waals surface area contributed by atoms with E-state index in [1.54, 1.807) is 0 Å². The summed E-state index contributed by atoms with van der Waals surface area (Å²) in [5, 5.41) is 0. The molecule has 2 heteroatoms. The Morgan fingerprint density at radius 2 is 2.00 bits per heavy atom. The molecule has 0 spiro atoms. The van der Waals surface area contributed by atoms with Crippen molar-refractivity contribution in [3.8, 4) is 0 Å². The van der Waals surface area contributed by atoms with Crippen LogP contribution in [-0.4, -0.2) is 24.0 Å². The molecule has 2 rings (SSSR count). The van der Waals surface area contributed by atoms with E-state index in [0.29, 0.717) is 6.04 Å². The first kappa shape index (κ1) is 12.6. The average molecular weight is 232 g/mol. The fraction of sp³-hybridized carbons (Fsp3) is 0.600. The van der Waals surface area contributed by atoms with Gasteiger partial charge in [0.05, 0.1) is 0 Å². The molecule has 0 amide bonds. The second-order valence-corrected chi connectivity index (χ2v) is 5.05. The van der Waals surface area contributed by atoms with Crippen LogP contribution in [-0.2, 0) is 0 Å². The van der Waals surface area contributed by atoms with Crippen LogP contribution in [0.4, 0.5) is 0 Å². The number of benzene rings is 1. The lowest BCUT2D eigenvalue weighted by molar-refractivity contribution is 0.186. The van der Waals surface area contributed by atoms with Crippen LogP contribution in [0.15, 0.2) is 30.3 Å². The first-order chi connectivity index (χ1) is 8.33. The first-order valence-corrected chi connectivity index (χ1v) is 6.87. The Bertz CT molecular complexity index is 323. The minimum atomic E-state index is 0.284. The zero-order chi connectivity index (χ0) is 12.1. The minimum Gasteiger partial charge on any atom is -0.326 e. The van der Waals surface area contributed by atoms with E-state index in [4.69, 9.17) is 5.73 Å². The number of likely N-dealkylation sites (tertiary alicyclic amines) is 1. The monoisotopic (exact) mass is 232 g/mol. The van der Waals surface area contributed by atoms with Crippen LogP contribution in [0.1, 0.15) is 44.2 Å². The maximum absolute atomic E-state index is 6.39. The molecule has 2 N–H and O–H groups in total. The van der Waals surface area contributed by atoms with Crippen LogP contribution >= 0.6 is 0 Å². The summed E-state index contributed by atoms with van der Waals surface area (Å²) in [6.45, 7) is 4.60. The number of hydrogen-bond donors (Lipinski definition) is 1. The summed E-state index contributed by atoms with van der Waals surface area (Å²) in [7, 11) is 0. The topological polar surface area (TPSA) is 29.3 Å². The molecule has 17 heavy (non-hydrogen) atoms. The summed E-state index contributed by atoms with van der Waals surface area (Å²) < 4.78 is 0. The molecule has 0 saturated carbocycles. The highest BCUT2D eigenvalue weighted by Crippen LogP contribution is 2.29. The van der Waals surface area contributed by atoms with Crippen LogP contribution in [0.5, 0.6) is 0 Å². The fourth-order valence-electron chi connectivity index (χ4n) is 2.91. The Balaban J connectivity index is 2.23. The smallest absolute Gasteiger partial charge is 0.0499 e. The van der Waals surface area contributed by atoms with Gasteiger partial charge < -0.3 is 5.73 Å². The zero-order valence-electron chi connectivity index (χ0n) is 10.8. The molecular formula is C15H24N2. The summed E-state index contributed by atoms with van der Waals surface area (Å²) in [6.07, 6.45) is 4.91. The lowest BCUT2D eigenvalue weighted by Crippen LogP contribution is -2.40. The standard InChI is InChI=1S/C15H24N2/c1-2-11-17-12-7-6-10-14(16)15(17)13-8-4-3-5-9-13/h3-5,8-9,14-15H,2,6-7,10-12,16H2,1H3. The Labute approximate surface area is 105 Å². The molecule has 1 aromatic carbocycles. The molecule has 94 valence electrons. The molecular weight excluding hydrogens is 208 g/mol. The highest BCUT2D eigenvalue weighted by Gasteiger charge is 2.27. The van der Waals surface area contributed by atoms with Crippen molar-refractivity contribution >= 4 is 0 Å². The molecule has 0 radical (unpaired) electrons. The highest BCUT2D eigenvalue weighted by atomic mass is 15.2. The third-order valence-electron chi connectivity index (χ3n) is 3.68. The van der Waals surface area contributed by atoms with Gasteiger partial charge in [0.2, 0.25) is 0 Å². The predicted molar refractivity (Wildman–Crippen MR) is 72.9 cm³/mol. The van der Waals surface area contributed by atoms with E-state index < -0.39 is 0 Å². The Kier molecular flexibility index (Phi) is 4.57. The van der Waals surface area contributed by atoms with Crippen LogP contribution in [0.25, 0.3) is 0 Å². The van der Waals surface area contributed by atoms with E-state index in [9.17, 15) is 0 Å². The third-order valence-corrected chi connectivity index (χ3v) is 3.68. The Morgan fingerprint density at radius 1 is 1.24 bits per heavy atom. The molecule has 1 aliphatic rings. The van der Waals surface area contributed by atoms with Gasteiger partial charge in [-0.3, -0.25) is 4.90 Å². The van der Waals surface area contributed by atoms with Gasteiger partial charge in [0, 0.05) is 12.1 Å². The summed E-state index contributed by atoms with van der Waals surface area (Å²) in [5.74, 6) is 0. The molecule has 2 unspecified atom stereocenters. The van der Waals surface area contributed by atoms with Gasteiger partial charge in [-0.05, 0) is 37.9 Å². The molecule has 2 nitrogen and oxygen atoms in total. The summed E-state index contributed by atoms with van der Waals surface area (Å²) in [6, 6.07) is 11.5. The van der Waals surface area contributed by atoms with Gasteiger partial charge in [-0.25, -0.2) is 0 Å². The number of nitrogens with two attached hydrogens (primary N) is 1. The molecule has 1 saturated heterocycles. The molecule has 0 aromatic heterocycles. The van der Waals surface area contributed by atoms with Gasteiger partial charge in [0.1, 0.15) is 0 Å². The number of hydrogen-bond acceptors (Lipinski definition) is 2. The van der Waals surface area contributed by atoms with Crippen molar-refractivity contribution in [2.24, 2.45) is 5.73 Å². The van der Waals surface area contributed by atoms with Crippen molar-refractivity contribution in [1.29, 1.82) is 0 Å². The largest absolute Gasteiger partial charge is 0.326 e. The molecule has 2 atom stereocenters. The SMILES string of the molecule is CCCN1CCCCC(N)C1c1ccccc1. The normalized spacial score (nSPS) is 26.7. The second kappa shape index (κ2) is 6.18. The number of nitrogens with zero attached hydrogens (tertiary/aromatic N) is 1. The van der Waals surface area contributed by atoms with Gasteiger partial charge >= 0.3 is 0 Å². The maximum atomic E-state index is 6.39. The Morgan fingerprint density at radius 3 is 2.71 bits per heavy atom. The second-order valence-electron chi connectivity index (χ2n) is 5.05. The number of rotatable bonds is 3. The van der Waals surface area contributed by atoms with Crippen molar-refractivity contribution < 1.29 is 0 Å². The van der Waals surface area contributed by atoms with Crippen molar-refractivity contribution in [3.63, 3.8) is 0 Å². The van der Waals surface area contributed by atoms with E-state index in [-0.39, 0.29) is 6.04 Å². The third kappa shape index (κ3) is 3.08. The van der Waals surface area contributed by atoms with E-state index in [0.717, 1.165) is 13.0 Å². The van der Waals surface area contributed by atoms with Gasteiger partial charge in [-0.2, -0.15) is 0 Å². The van der Waals surface area contributed by atoms with Gasteiger partial charge in [-0.15, -0.1) is 0 Å². The molecule has 0 bridgehead atoms. The fourth-order valence-corrected chi connectivity index (χ4v) is 2.91. The van der Waals surface area contributed by atoms with E-state index in [1.807, 2.05) is 0 Å². The lowest BCUT2D eigenvalue weighted by atomic mass is 9.96. The van der Waals surface area contributed by atoms with E-state index in [1.165, 1.54) is 31.4 Å². The summed E-state index contributed by atoms with van der Waals surface area (Å²) in [4.78, 5) is 2.58. The van der Waals surface area contributed by atoms with E-state index >= 15 is 0 Å². The average Bonchev–Trinajstić information content (AvgIpc) is 2.53. The highest BCUT2D eigenvalue weighted by molar-refractivity contribution is 5.21. The quantitative estimate of drug-likeness (QED) is 0.868. The zero-order valence-corrected chi connectivity index (χ0v) is 10.8. The predicted octanol–water partition coefficient (Wildman–Crippen LogP) is 2.95. The molecule has 1 aromatic rings. The maximum Gasteiger partial charge on any atom is 0.0499 e. The first-order valence-electron chi connectivity index (χ1n) is 6.87. The van der Waals surface area contributed by atoms with Crippen LogP contribution in [0, 0.1) is 0 Å². The molecule has 1 aliphatic heterocycles. The summed E-state index contributed by atoms with van der Waals surface area (Å²) >= 11 is 0.